The van der Waals surface area contributed by atoms with E-state index in [1.165, 1.54) is 18.6 Å². The third-order valence-electron chi connectivity index (χ3n) is 5.77. The van der Waals surface area contributed by atoms with Gasteiger partial charge < -0.3 is 0 Å². The molecule has 3 aromatic rings. The second-order valence-electron chi connectivity index (χ2n) is 8.15. The number of amides is 1. The van der Waals surface area contributed by atoms with Crippen molar-refractivity contribution in [3.63, 3.8) is 0 Å². The van der Waals surface area contributed by atoms with Crippen molar-refractivity contribution in [1.82, 2.24) is 4.98 Å². The Hall–Kier alpha value is -3.19. The van der Waals surface area contributed by atoms with Crippen molar-refractivity contribution in [3.05, 3.63) is 84.1 Å². The number of benzene rings is 2. The molecule has 0 atom stereocenters. The normalized spacial score (nSPS) is 14.7. The molecule has 6 nitrogen and oxygen atoms in total. The molecule has 0 spiro atoms. The Labute approximate surface area is 189 Å². The van der Waals surface area contributed by atoms with Gasteiger partial charge in [-0.2, -0.15) is 0 Å². The molecule has 1 saturated carbocycles. The Morgan fingerprint density at radius 3 is 2.25 bits per heavy atom. The number of anilines is 2. The predicted octanol–water partition coefficient (Wildman–Crippen LogP) is 5.17. The minimum atomic E-state index is -3.75. The number of hydrogen-bond donors (Lipinski definition) is 1. The second-order valence-corrected chi connectivity index (χ2v) is 9.83. The van der Waals surface area contributed by atoms with Crippen molar-refractivity contribution in [3.8, 4) is 0 Å². The quantitative estimate of drug-likeness (QED) is 0.563. The van der Waals surface area contributed by atoms with Gasteiger partial charge in [-0.3, -0.25) is 14.4 Å². The number of hydrogen-bond acceptors (Lipinski definition) is 4. The number of carbonyl (C=O) groups excluding carboxylic acids is 1. The van der Waals surface area contributed by atoms with Crippen LogP contribution < -0.4 is 9.62 Å². The molecule has 2 aromatic carbocycles. The topological polar surface area (TPSA) is 79.4 Å². The fourth-order valence-corrected chi connectivity index (χ4v) is 5.10. The van der Waals surface area contributed by atoms with Gasteiger partial charge in [0.15, 0.2) is 0 Å². The summed E-state index contributed by atoms with van der Waals surface area (Å²) in [5.41, 5.74) is 1.98. The number of rotatable bonds is 6. The maximum Gasteiger partial charge on any atom is 0.261 e. The smallest absolute Gasteiger partial charge is 0.261 e. The molecule has 0 unspecified atom stereocenters. The van der Waals surface area contributed by atoms with Gasteiger partial charge >= 0.3 is 0 Å². The number of carbonyl (C=O) groups is 1. The summed E-state index contributed by atoms with van der Waals surface area (Å²) in [6, 6.07) is 18.9. The van der Waals surface area contributed by atoms with E-state index in [2.05, 4.69) is 9.71 Å². The van der Waals surface area contributed by atoms with Gasteiger partial charge in [0.1, 0.15) is 5.82 Å². The van der Waals surface area contributed by atoms with E-state index in [9.17, 15) is 13.2 Å². The minimum absolute atomic E-state index is 0.0952. The maximum absolute atomic E-state index is 13.4. The third-order valence-corrected chi connectivity index (χ3v) is 7.17. The van der Waals surface area contributed by atoms with Crippen LogP contribution in [0.5, 0.6) is 0 Å². The van der Waals surface area contributed by atoms with Crippen LogP contribution in [0.3, 0.4) is 0 Å². The average molecular weight is 450 g/mol. The van der Waals surface area contributed by atoms with E-state index < -0.39 is 10.0 Å². The van der Waals surface area contributed by atoms with Crippen molar-refractivity contribution < 1.29 is 13.2 Å². The summed E-state index contributed by atoms with van der Waals surface area (Å²) < 4.78 is 28.1. The fourth-order valence-electron chi connectivity index (χ4n) is 4.04. The number of sulfonamides is 1. The standard InChI is InChI=1S/C25H27N3O3S/c1-19-10-14-21(15-11-19)27-32(30,31)23-16-12-20(13-17-23)25(29)28(22-7-3-2-4-8-22)24-9-5-6-18-26-24/h5-6,9-18,22,27H,2-4,7-8H2,1H3. The highest BCUT2D eigenvalue weighted by Crippen LogP contribution is 2.28. The first kappa shape index (κ1) is 22.0. The highest BCUT2D eigenvalue weighted by Gasteiger charge is 2.28. The van der Waals surface area contributed by atoms with Gasteiger partial charge in [0.05, 0.1) is 4.90 Å². The third kappa shape index (κ3) is 4.99. The van der Waals surface area contributed by atoms with Crippen LogP contribution >= 0.6 is 0 Å². The Bertz CT molecular complexity index is 1160. The van der Waals surface area contributed by atoms with Gasteiger partial charge in [-0.15, -0.1) is 0 Å². The molecule has 1 fully saturated rings. The van der Waals surface area contributed by atoms with E-state index in [4.69, 9.17) is 0 Å². The van der Waals surface area contributed by atoms with Gasteiger partial charge in [0, 0.05) is 23.5 Å². The lowest BCUT2D eigenvalue weighted by atomic mass is 9.93. The van der Waals surface area contributed by atoms with Crippen molar-refractivity contribution in [2.24, 2.45) is 0 Å². The monoisotopic (exact) mass is 449 g/mol. The van der Waals surface area contributed by atoms with Crippen LogP contribution in [0.4, 0.5) is 11.5 Å². The first-order valence-electron chi connectivity index (χ1n) is 10.9. The largest absolute Gasteiger partial charge is 0.290 e. The van der Waals surface area contributed by atoms with Crippen molar-refractivity contribution in [1.29, 1.82) is 0 Å². The molecule has 0 saturated heterocycles. The maximum atomic E-state index is 13.4. The Balaban J connectivity index is 1.57. The summed E-state index contributed by atoms with van der Waals surface area (Å²) in [7, 11) is -3.75. The van der Waals surface area contributed by atoms with Crippen LogP contribution in [0.2, 0.25) is 0 Å². The molecular weight excluding hydrogens is 422 g/mol. The molecule has 32 heavy (non-hydrogen) atoms. The highest BCUT2D eigenvalue weighted by molar-refractivity contribution is 7.92. The number of nitrogens with zero attached hydrogens (tertiary/aromatic N) is 2. The van der Waals surface area contributed by atoms with Crippen LogP contribution in [-0.4, -0.2) is 25.4 Å². The Kier molecular flexibility index (Phi) is 6.55. The lowest BCUT2D eigenvalue weighted by Gasteiger charge is -2.33. The first-order valence-corrected chi connectivity index (χ1v) is 12.4. The number of pyridine rings is 1. The van der Waals surface area contributed by atoms with Gasteiger partial charge in [0.2, 0.25) is 0 Å². The Morgan fingerprint density at radius 1 is 0.938 bits per heavy atom. The fraction of sp³-hybridized carbons (Fsp3) is 0.280. The summed E-state index contributed by atoms with van der Waals surface area (Å²) in [6.45, 7) is 1.94. The highest BCUT2D eigenvalue weighted by atomic mass is 32.2. The Morgan fingerprint density at radius 2 is 1.62 bits per heavy atom. The van der Waals surface area contributed by atoms with Crippen LogP contribution in [0.25, 0.3) is 0 Å². The zero-order valence-corrected chi connectivity index (χ0v) is 18.9. The zero-order chi connectivity index (χ0) is 22.6. The summed E-state index contributed by atoms with van der Waals surface area (Å²) in [6.07, 6.45) is 6.92. The molecule has 1 amide bonds. The zero-order valence-electron chi connectivity index (χ0n) is 18.1. The van der Waals surface area contributed by atoms with Gasteiger partial charge in [-0.25, -0.2) is 13.4 Å². The van der Waals surface area contributed by atoms with E-state index >= 15 is 0 Å². The van der Waals surface area contributed by atoms with E-state index in [1.54, 1.807) is 35.4 Å². The first-order chi connectivity index (χ1) is 15.4. The van der Waals surface area contributed by atoms with Crippen molar-refractivity contribution in [2.75, 3.05) is 9.62 Å². The van der Waals surface area contributed by atoms with Crippen LogP contribution in [-0.2, 0) is 10.0 Å². The van der Waals surface area contributed by atoms with Crippen LogP contribution in [0.1, 0.15) is 48.0 Å². The summed E-state index contributed by atoms with van der Waals surface area (Å²) in [5, 5.41) is 0. The SMILES string of the molecule is Cc1ccc(NS(=O)(=O)c2ccc(C(=O)N(c3ccccn3)C3CCCCC3)cc2)cc1. The molecule has 4 rings (SSSR count). The lowest BCUT2D eigenvalue weighted by Crippen LogP contribution is -2.42. The summed E-state index contributed by atoms with van der Waals surface area (Å²) in [5.74, 6) is 0.466. The van der Waals surface area contributed by atoms with Gasteiger partial charge in [0.25, 0.3) is 15.9 Å². The molecule has 1 heterocycles. The van der Waals surface area contributed by atoms with E-state index in [-0.39, 0.29) is 16.8 Å². The molecule has 166 valence electrons. The van der Waals surface area contributed by atoms with E-state index in [1.807, 2.05) is 37.3 Å². The minimum Gasteiger partial charge on any atom is -0.290 e. The molecule has 1 aromatic heterocycles. The van der Waals surface area contributed by atoms with Crippen molar-refractivity contribution >= 4 is 27.4 Å². The molecular formula is C25H27N3O3S. The van der Waals surface area contributed by atoms with Crippen LogP contribution in [0, 0.1) is 6.92 Å². The summed E-state index contributed by atoms with van der Waals surface area (Å²) >= 11 is 0. The van der Waals surface area contributed by atoms with Gasteiger partial charge in [-0.05, 0) is 68.3 Å². The van der Waals surface area contributed by atoms with Crippen molar-refractivity contribution in [2.45, 2.75) is 50.0 Å². The lowest BCUT2D eigenvalue weighted by molar-refractivity contribution is 0.0969. The molecule has 0 aliphatic heterocycles. The number of nitrogens with one attached hydrogen (secondary N) is 1. The van der Waals surface area contributed by atoms with E-state index in [0.29, 0.717) is 17.1 Å². The summed E-state index contributed by atoms with van der Waals surface area (Å²) in [4.78, 5) is 19.7. The molecule has 0 bridgehead atoms. The molecule has 1 aliphatic carbocycles. The molecule has 1 aliphatic rings. The molecule has 0 radical (unpaired) electrons. The average Bonchev–Trinajstić information content (AvgIpc) is 2.82. The molecule has 7 heteroatoms. The number of aromatic nitrogens is 1. The molecule has 1 N–H and O–H groups in total. The van der Waals surface area contributed by atoms with Crippen LogP contribution in [0.15, 0.2) is 77.8 Å². The number of aryl methyl sites for hydroxylation is 1. The van der Waals surface area contributed by atoms with E-state index in [0.717, 1.165) is 31.2 Å². The second kappa shape index (κ2) is 9.53. The predicted molar refractivity (Wildman–Crippen MR) is 126 cm³/mol. The van der Waals surface area contributed by atoms with Gasteiger partial charge in [-0.1, -0.05) is 43.0 Å².